The molecule has 0 atom stereocenters. The van der Waals surface area contributed by atoms with Crippen LogP contribution in [0.3, 0.4) is 0 Å². The standard InChI is InChI=1S/C32H31N7O4/c1-31(2,43)29(40)35-21-7-3-6-19(18-21)24-13-14-25-28(36-24)39(27(37-25)23-8-4-17-34-26(23)33)22-11-9-20(10-12-22)32(15-5-16-32)38-30(41)42/h3-4,6-14,17-18,38,43H,5,15-16H2,1-2H3,(H2,33,34)(H,35,40)(H,41,42). The summed E-state index contributed by atoms with van der Waals surface area (Å²) in [5, 5.41) is 24.9. The number of benzene rings is 2. The molecule has 0 spiro atoms. The van der Waals surface area contributed by atoms with Crippen LogP contribution in [0.4, 0.5) is 16.3 Å². The van der Waals surface area contributed by atoms with Crippen molar-refractivity contribution < 1.29 is 19.8 Å². The van der Waals surface area contributed by atoms with E-state index in [1.54, 1.807) is 30.5 Å². The van der Waals surface area contributed by atoms with E-state index < -0.39 is 23.1 Å². The van der Waals surface area contributed by atoms with Gasteiger partial charge in [-0.3, -0.25) is 9.36 Å². The molecular weight excluding hydrogens is 546 g/mol. The van der Waals surface area contributed by atoms with E-state index >= 15 is 0 Å². The first-order valence-electron chi connectivity index (χ1n) is 13.9. The number of imidazole rings is 1. The molecule has 2 aromatic carbocycles. The van der Waals surface area contributed by atoms with Gasteiger partial charge >= 0.3 is 6.09 Å². The number of anilines is 2. The van der Waals surface area contributed by atoms with Crippen molar-refractivity contribution in [1.82, 2.24) is 24.8 Å². The molecule has 0 saturated heterocycles. The molecule has 1 saturated carbocycles. The summed E-state index contributed by atoms with van der Waals surface area (Å²) < 4.78 is 1.91. The average molecular weight is 578 g/mol. The van der Waals surface area contributed by atoms with Crippen molar-refractivity contribution in [2.75, 3.05) is 11.1 Å². The minimum Gasteiger partial charge on any atom is -0.465 e. The number of rotatable bonds is 7. The summed E-state index contributed by atoms with van der Waals surface area (Å²) in [6.07, 6.45) is 3.01. The maximum atomic E-state index is 12.3. The van der Waals surface area contributed by atoms with E-state index in [9.17, 15) is 19.8 Å². The quantitative estimate of drug-likeness (QED) is 0.178. The van der Waals surface area contributed by atoms with Gasteiger partial charge in [-0.2, -0.15) is 0 Å². The number of hydrogen-bond donors (Lipinski definition) is 5. The molecular formula is C32H31N7O4. The first-order chi connectivity index (χ1) is 20.5. The lowest BCUT2D eigenvalue weighted by molar-refractivity contribution is -0.130. The van der Waals surface area contributed by atoms with Crippen molar-refractivity contribution >= 4 is 34.7 Å². The van der Waals surface area contributed by atoms with E-state index in [2.05, 4.69) is 15.6 Å². The molecule has 218 valence electrons. The number of carbonyl (C=O) groups excluding carboxylic acids is 1. The Balaban J connectivity index is 1.46. The Morgan fingerprint density at radius 1 is 1.00 bits per heavy atom. The lowest BCUT2D eigenvalue weighted by Gasteiger charge is -2.42. The maximum Gasteiger partial charge on any atom is 0.405 e. The molecule has 1 fully saturated rings. The third kappa shape index (κ3) is 5.26. The van der Waals surface area contributed by atoms with Crippen LogP contribution in [0.25, 0.3) is 39.5 Å². The van der Waals surface area contributed by atoms with Gasteiger partial charge in [-0.05, 0) is 87.2 Å². The molecule has 0 aliphatic heterocycles. The molecule has 11 heteroatoms. The SMILES string of the molecule is CC(C)(O)C(=O)Nc1cccc(-c2ccc3nc(-c4cccnc4N)n(-c4ccc(C5(NC(=O)O)CCC5)cc4)c3n2)c1. The summed E-state index contributed by atoms with van der Waals surface area (Å²) in [5.74, 6) is 0.368. The van der Waals surface area contributed by atoms with Gasteiger partial charge in [0.25, 0.3) is 5.91 Å². The predicted octanol–water partition coefficient (Wildman–Crippen LogP) is 5.09. The molecule has 3 aromatic heterocycles. The number of aromatic nitrogens is 4. The number of fused-ring (bicyclic) bond motifs is 1. The second kappa shape index (κ2) is 10.5. The minimum absolute atomic E-state index is 0.324. The van der Waals surface area contributed by atoms with Crippen LogP contribution < -0.4 is 16.4 Å². The third-order valence-corrected chi connectivity index (χ3v) is 7.79. The van der Waals surface area contributed by atoms with Crippen molar-refractivity contribution in [2.45, 2.75) is 44.2 Å². The second-order valence-electron chi connectivity index (χ2n) is 11.3. The summed E-state index contributed by atoms with van der Waals surface area (Å²) in [4.78, 5) is 38.0. The molecule has 0 radical (unpaired) electrons. The summed E-state index contributed by atoms with van der Waals surface area (Å²) in [6, 6.07) is 22.3. The van der Waals surface area contributed by atoms with Crippen LogP contribution in [0.2, 0.25) is 0 Å². The van der Waals surface area contributed by atoms with Gasteiger partial charge in [-0.15, -0.1) is 0 Å². The molecule has 6 N–H and O–H groups in total. The number of nitrogen functional groups attached to an aromatic ring is 1. The van der Waals surface area contributed by atoms with Gasteiger partial charge in [-0.1, -0.05) is 24.3 Å². The van der Waals surface area contributed by atoms with Gasteiger partial charge < -0.3 is 26.6 Å². The largest absolute Gasteiger partial charge is 0.465 e. The zero-order valence-corrected chi connectivity index (χ0v) is 23.7. The van der Waals surface area contributed by atoms with Crippen LogP contribution in [0.5, 0.6) is 0 Å². The van der Waals surface area contributed by atoms with E-state index in [1.165, 1.54) is 13.8 Å². The number of nitrogens with one attached hydrogen (secondary N) is 2. The van der Waals surface area contributed by atoms with E-state index in [4.69, 9.17) is 15.7 Å². The molecule has 6 rings (SSSR count). The van der Waals surface area contributed by atoms with Crippen LogP contribution in [0.1, 0.15) is 38.7 Å². The maximum absolute atomic E-state index is 12.3. The van der Waals surface area contributed by atoms with Crippen LogP contribution in [0, 0.1) is 0 Å². The monoisotopic (exact) mass is 577 g/mol. The summed E-state index contributed by atoms with van der Waals surface area (Å²) >= 11 is 0. The van der Waals surface area contributed by atoms with Gasteiger partial charge in [0.05, 0.1) is 16.8 Å². The number of pyridine rings is 2. The smallest absolute Gasteiger partial charge is 0.405 e. The fraction of sp³-hybridized carbons (Fsp3) is 0.219. The van der Waals surface area contributed by atoms with E-state index in [-0.39, 0.29) is 0 Å². The number of nitrogens with zero attached hydrogens (tertiary/aromatic N) is 4. The number of amides is 2. The molecule has 43 heavy (non-hydrogen) atoms. The first kappa shape index (κ1) is 27.9. The highest BCUT2D eigenvalue weighted by atomic mass is 16.4. The van der Waals surface area contributed by atoms with Gasteiger partial charge in [0.2, 0.25) is 0 Å². The Bertz CT molecular complexity index is 1850. The average Bonchev–Trinajstić information content (AvgIpc) is 3.33. The van der Waals surface area contributed by atoms with Crippen molar-refractivity contribution in [2.24, 2.45) is 0 Å². The van der Waals surface area contributed by atoms with E-state index in [0.717, 1.165) is 36.1 Å². The summed E-state index contributed by atoms with van der Waals surface area (Å²) in [6.45, 7) is 2.85. The number of carboxylic acid groups (broad SMARTS) is 1. The Morgan fingerprint density at radius 2 is 1.77 bits per heavy atom. The molecule has 0 unspecified atom stereocenters. The van der Waals surface area contributed by atoms with Crippen LogP contribution >= 0.6 is 0 Å². The Morgan fingerprint density at radius 3 is 2.42 bits per heavy atom. The van der Waals surface area contributed by atoms with Crippen molar-refractivity contribution in [3.63, 3.8) is 0 Å². The first-order valence-corrected chi connectivity index (χ1v) is 13.9. The van der Waals surface area contributed by atoms with Gasteiger partial charge in [0.1, 0.15) is 16.9 Å². The third-order valence-electron chi connectivity index (χ3n) is 7.79. The fourth-order valence-corrected chi connectivity index (χ4v) is 5.34. The van der Waals surface area contributed by atoms with Crippen molar-refractivity contribution in [1.29, 1.82) is 0 Å². The minimum atomic E-state index is -1.53. The number of aliphatic hydroxyl groups is 1. The van der Waals surface area contributed by atoms with Gasteiger partial charge in [-0.25, -0.2) is 19.7 Å². The van der Waals surface area contributed by atoms with Crippen molar-refractivity contribution in [3.05, 3.63) is 84.6 Å². The molecule has 1 aliphatic carbocycles. The van der Waals surface area contributed by atoms with E-state index in [1.807, 2.05) is 53.1 Å². The molecule has 5 aromatic rings. The molecule has 11 nitrogen and oxygen atoms in total. The Hall–Kier alpha value is -5.29. The van der Waals surface area contributed by atoms with Crippen LogP contribution in [-0.4, -0.2) is 47.3 Å². The summed E-state index contributed by atoms with van der Waals surface area (Å²) in [5.41, 5.74) is 9.63. The second-order valence-corrected chi connectivity index (χ2v) is 11.3. The highest BCUT2D eigenvalue weighted by Gasteiger charge is 2.40. The van der Waals surface area contributed by atoms with Gasteiger partial charge in [0.15, 0.2) is 11.5 Å². The highest BCUT2D eigenvalue weighted by molar-refractivity contribution is 5.97. The normalized spacial score (nSPS) is 14.2. The van der Waals surface area contributed by atoms with Crippen molar-refractivity contribution in [3.8, 4) is 28.3 Å². The molecule has 3 heterocycles. The predicted molar refractivity (Wildman–Crippen MR) is 164 cm³/mol. The zero-order chi connectivity index (χ0) is 30.4. The Labute approximate surface area is 247 Å². The molecule has 2 amide bonds. The lowest BCUT2D eigenvalue weighted by atomic mass is 9.72. The number of nitrogens with two attached hydrogens (primary N) is 1. The van der Waals surface area contributed by atoms with Crippen LogP contribution in [-0.2, 0) is 10.3 Å². The number of carbonyl (C=O) groups is 2. The highest BCUT2D eigenvalue weighted by Crippen LogP contribution is 2.42. The zero-order valence-electron chi connectivity index (χ0n) is 23.7. The topological polar surface area (TPSA) is 168 Å². The molecule has 0 bridgehead atoms. The lowest BCUT2D eigenvalue weighted by Crippen LogP contribution is -2.50. The molecule has 1 aliphatic rings. The van der Waals surface area contributed by atoms with Crippen LogP contribution in [0.15, 0.2) is 79.0 Å². The summed E-state index contributed by atoms with van der Waals surface area (Å²) in [7, 11) is 0. The van der Waals surface area contributed by atoms with Gasteiger partial charge in [0, 0.05) is 23.1 Å². The Kier molecular flexibility index (Phi) is 6.82. The van der Waals surface area contributed by atoms with E-state index in [0.29, 0.717) is 39.8 Å². The number of hydrogen-bond acceptors (Lipinski definition) is 7. The fourth-order valence-electron chi connectivity index (χ4n) is 5.34.